The van der Waals surface area contributed by atoms with Crippen LogP contribution in [0.15, 0.2) is 6.07 Å². The van der Waals surface area contributed by atoms with Gasteiger partial charge in [0.05, 0.1) is 5.69 Å². The van der Waals surface area contributed by atoms with Gasteiger partial charge in [0.15, 0.2) is 5.78 Å². The van der Waals surface area contributed by atoms with E-state index in [1.54, 1.807) is 4.68 Å². The first-order valence-electron chi connectivity index (χ1n) is 6.62. The van der Waals surface area contributed by atoms with E-state index < -0.39 is 0 Å². The van der Waals surface area contributed by atoms with Gasteiger partial charge in [-0.15, -0.1) is 0 Å². The van der Waals surface area contributed by atoms with E-state index >= 15 is 0 Å². The average Bonchev–Trinajstić information content (AvgIpc) is 2.63. The summed E-state index contributed by atoms with van der Waals surface area (Å²) in [4.78, 5) is 12.2. The Morgan fingerprint density at radius 2 is 2.18 bits per heavy atom. The van der Waals surface area contributed by atoms with Crippen molar-refractivity contribution >= 4 is 5.78 Å². The molecule has 0 radical (unpaired) electrons. The summed E-state index contributed by atoms with van der Waals surface area (Å²) in [5, 5.41) is 4.22. The van der Waals surface area contributed by atoms with Crippen LogP contribution in [0.5, 0.6) is 0 Å². The van der Waals surface area contributed by atoms with Crippen molar-refractivity contribution in [1.82, 2.24) is 9.78 Å². The minimum absolute atomic E-state index is 0.232. The van der Waals surface area contributed by atoms with Gasteiger partial charge in [-0.1, -0.05) is 39.5 Å². The van der Waals surface area contributed by atoms with Crippen LogP contribution in [-0.4, -0.2) is 15.6 Å². The van der Waals surface area contributed by atoms with Crippen LogP contribution in [0.2, 0.25) is 0 Å². The Bertz CT molecular complexity index is 368. The summed E-state index contributed by atoms with van der Waals surface area (Å²) < 4.78 is 1.70. The molecule has 3 heteroatoms. The van der Waals surface area contributed by atoms with Crippen LogP contribution in [-0.2, 0) is 7.05 Å². The lowest BCUT2D eigenvalue weighted by Crippen LogP contribution is -2.12. The number of hydrogen-bond donors (Lipinski definition) is 0. The van der Waals surface area contributed by atoms with Gasteiger partial charge in [0.1, 0.15) is 5.69 Å². The predicted molar refractivity (Wildman–Crippen MR) is 70.2 cm³/mol. The molecule has 0 aromatic carbocycles. The molecule has 0 fully saturated rings. The molecule has 0 saturated carbocycles. The van der Waals surface area contributed by atoms with Gasteiger partial charge in [0.25, 0.3) is 0 Å². The van der Waals surface area contributed by atoms with E-state index in [9.17, 15) is 4.79 Å². The molecule has 0 aliphatic carbocycles. The maximum absolute atomic E-state index is 12.2. The molecular formula is C14H24N2O. The standard InChI is InChI=1S/C14H24N2O/c1-5-7-8-12(6-2)10-14(17)13-9-11(3)15-16(13)4/h9,12H,5-8,10H2,1-4H3. The van der Waals surface area contributed by atoms with Crippen LogP contribution in [0, 0.1) is 12.8 Å². The van der Waals surface area contributed by atoms with E-state index in [1.807, 2.05) is 20.0 Å². The molecule has 1 heterocycles. The molecule has 0 spiro atoms. The molecular weight excluding hydrogens is 212 g/mol. The third-order valence-corrected chi connectivity index (χ3v) is 3.31. The summed E-state index contributed by atoms with van der Waals surface area (Å²) in [6, 6.07) is 1.88. The van der Waals surface area contributed by atoms with Crippen molar-refractivity contribution in [2.75, 3.05) is 0 Å². The first kappa shape index (κ1) is 13.9. The zero-order valence-corrected chi connectivity index (χ0v) is 11.5. The van der Waals surface area contributed by atoms with E-state index in [2.05, 4.69) is 18.9 Å². The van der Waals surface area contributed by atoms with Crippen LogP contribution in [0.25, 0.3) is 0 Å². The summed E-state index contributed by atoms with van der Waals surface area (Å²) >= 11 is 0. The van der Waals surface area contributed by atoms with Crippen LogP contribution in [0.4, 0.5) is 0 Å². The van der Waals surface area contributed by atoms with Crippen molar-refractivity contribution < 1.29 is 4.79 Å². The largest absolute Gasteiger partial charge is 0.292 e. The van der Waals surface area contributed by atoms with Crippen LogP contribution in [0.1, 0.15) is 62.1 Å². The Balaban J connectivity index is 2.61. The highest BCUT2D eigenvalue weighted by molar-refractivity contribution is 5.94. The maximum atomic E-state index is 12.2. The Kier molecular flexibility index (Phi) is 5.39. The van der Waals surface area contributed by atoms with Gasteiger partial charge in [-0.2, -0.15) is 5.10 Å². The summed E-state index contributed by atoms with van der Waals surface area (Å²) in [5.74, 6) is 0.758. The molecule has 0 saturated heterocycles. The van der Waals surface area contributed by atoms with Gasteiger partial charge in [-0.25, -0.2) is 0 Å². The van der Waals surface area contributed by atoms with Crippen molar-refractivity contribution in [2.45, 2.75) is 52.9 Å². The number of aryl methyl sites for hydroxylation is 2. The number of hydrogen-bond acceptors (Lipinski definition) is 2. The summed E-state index contributed by atoms with van der Waals surface area (Å²) in [5.41, 5.74) is 1.66. The number of carbonyl (C=O) groups excluding carboxylic acids is 1. The Morgan fingerprint density at radius 1 is 1.47 bits per heavy atom. The topological polar surface area (TPSA) is 34.9 Å². The number of aromatic nitrogens is 2. The lowest BCUT2D eigenvalue weighted by Gasteiger charge is -2.13. The van der Waals surface area contributed by atoms with Crippen LogP contribution >= 0.6 is 0 Å². The number of carbonyl (C=O) groups is 1. The third-order valence-electron chi connectivity index (χ3n) is 3.31. The smallest absolute Gasteiger partial charge is 0.181 e. The first-order valence-corrected chi connectivity index (χ1v) is 6.62. The van der Waals surface area contributed by atoms with Crippen molar-refractivity contribution in [3.63, 3.8) is 0 Å². The molecule has 3 nitrogen and oxygen atoms in total. The second kappa shape index (κ2) is 6.58. The van der Waals surface area contributed by atoms with Gasteiger partial charge in [-0.3, -0.25) is 9.48 Å². The van der Waals surface area contributed by atoms with Gasteiger partial charge in [-0.05, 0) is 18.9 Å². The SMILES string of the molecule is CCCCC(CC)CC(=O)c1cc(C)nn1C. The summed E-state index contributed by atoms with van der Waals surface area (Å²) in [7, 11) is 1.84. The van der Waals surface area contributed by atoms with Gasteiger partial charge >= 0.3 is 0 Å². The molecule has 1 aromatic heterocycles. The zero-order valence-electron chi connectivity index (χ0n) is 11.5. The molecule has 0 aliphatic heterocycles. The third kappa shape index (κ3) is 3.99. The molecule has 0 N–H and O–H groups in total. The van der Waals surface area contributed by atoms with E-state index in [4.69, 9.17) is 0 Å². The first-order chi connectivity index (χ1) is 8.08. The Morgan fingerprint density at radius 3 is 2.65 bits per heavy atom. The summed E-state index contributed by atoms with van der Waals surface area (Å²) in [6.45, 7) is 6.28. The molecule has 1 rings (SSSR count). The lowest BCUT2D eigenvalue weighted by molar-refractivity contribution is 0.0947. The monoisotopic (exact) mass is 236 g/mol. The normalized spacial score (nSPS) is 12.7. The molecule has 1 aromatic rings. The summed E-state index contributed by atoms with van der Waals surface area (Å²) in [6.07, 6.45) is 5.33. The highest BCUT2D eigenvalue weighted by Gasteiger charge is 2.16. The number of ketones is 1. The minimum atomic E-state index is 0.232. The van der Waals surface area contributed by atoms with E-state index in [1.165, 1.54) is 12.8 Å². The van der Waals surface area contributed by atoms with Crippen molar-refractivity contribution in [2.24, 2.45) is 13.0 Å². The van der Waals surface area contributed by atoms with Gasteiger partial charge in [0, 0.05) is 13.5 Å². The maximum Gasteiger partial charge on any atom is 0.181 e. The average molecular weight is 236 g/mol. The fraction of sp³-hybridized carbons (Fsp3) is 0.714. The molecule has 96 valence electrons. The molecule has 1 atom stereocenters. The molecule has 0 amide bonds. The van der Waals surface area contributed by atoms with Crippen LogP contribution in [0.3, 0.4) is 0 Å². The number of Topliss-reactive ketones (excluding diaryl/α,β-unsaturated/α-hetero) is 1. The molecule has 0 bridgehead atoms. The van der Waals surface area contributed by atoms with E-state index in [0.29, 0.717) is 12.3 Å². The minimum Gasteiger partial charge on any atom is -0.292 e. The molecule has 17 heavy (non-hydrogen) atoms. The van der Waals surface area contributed by atoms with E-state index in [0.717, 1.165) is 24.2 Å². The highest BCUT2D eigenvalue weighted by Crippen LogP contribution is 2.19. The Labute approximate surface area is 104 Å². The highest BCUT2D eigenvalue weighted by atomic mass is 16.1. The number of unbranched alkanes of at least 4 members (excludes halogenated alkanes) is 1. The van der Waals surface area contributed by atoms with Crippen molar-refractivity contribution in [3.05, 3.63) is 17.5 Å². The molecule has 0 aliphatic rings. The zero-order chi connectivity index (χ0) is 12.8. The quantitative estimate of drug-likeness (QED) is 0.679. The van der Waals surface area contributed by atoms with Crippen molar-refractivity contribution in [1.29, 1.82) is 0 Å². The lowest BCUT2D eigenvalue weighted by atomic mass is 9.93. The second-order valence-corrected chi connectivity index (χ2v) is 4.84. The van der Waals surface area contributed by atoms with Crippen LogP contribution < -0.4 is 0 Å². The fourth-order valence-corrected chi connectivity index (χ4v) is 2.18. The van der Waals surface area contributed by atoms with E-state index in [-0.39, 0.29) is 5.78 Å². The fourth-order valence-electron chi connectivity index (χ4n) is 2.18. The van der Waals surface area contributed by atoms with Gasteiger partial charge in [0.2, 0.25) is 0 Å². The van der Waals surface area contributed by atoms with Gasteiger partial charge < -0.3 is 0 Å². The number of rotatable bonds is 7. The van der Waals surface area contributed by atoms with Crippen molar-refractivity contribution in [3.8, 4) is 0 Å². The Hall–Kier alpha value is -1.12. The predicted octanol–water partition coefficient (Wildman–Crippen LogP) is 3.52. The number of nitrogens with zero attached hydrogens (tertiary/aromatic N) is 2. The molecule has 1 unspecified atom stereocenters. The second-order valence-electron chi connectivity index (χ2n) is 4.84.